The predicted octanol–water partition coefficient (Wildman–Crippen LogP) is 1.22. The molecule has 0 aromatic heterocycles. The van der Waals surface area contributed by atoms with Crippen LogP contribution >= 0.6 is 0 Å². The number of hydrogen-bond acceptors (Lipinski definition) is 3. The van der Waals surface area contributed by atoms with E-state index < -0.39 is 11.1 Å². The van der Waals surface area contributed by atoms with Gasteiger partial charge in [0.1, 0.15) is 11.1 Å². The Kier molecular flexibility index (Phi) is 3.27. The zero-order valence-electron chi connectivity index (χ0n) is 12.4. The molecule has 0 aromatic carbocycles. The minimum atomic E-state index is -0.756. The van der Waals surface area contributed by atoms with Gasteiger partial charge in [0.2, 0.25) is 11.8 Å². The third-order valence-corrected chi connectivity index (χ3v) is 5.37. The fraction of sp³-hybridized carbons (Fsp3) is 0.867. The predicted molar refractivity (Wildman–Crippen MR) is 74.1 cm³/mol. The number of hydrogen-bond donors (Lipinski definition) is 1. The second-order valence-electron chi connectivity index (χ2n) is 6.57. The summed E-state index contributed by atoms with van der Waals surface area (Å²) < 4.78 is 5.47. The first kappa shape index (κ1) is 13.9. The number of carbonyl (C=O) groups excluding carboxylic acids is 2. The molecule has 3 aliphatic rings. The molecular formula is C15H24N2O3. The van der Waals surface area contributed by atoms with E-state index in [1.165, 1.54) is 0 Å². The lowest BCUT2D eigenvalue weighted by molar-refractivity contribution is -0.166. The van der Waals surface area contributed by atoms with Crippen LogP contribution in [-0.2, 0) is 14.3 Å². The molecule has 3 rings (SSSR count). The Morgan fingerprint density at radius 2 is 2.05 bits per heavy atom. The molecule has 1 saturated carbocycles. The Morgan fingerprint density at radius 3 is 2.60 bits per heavy atom. The number of ether oxygens (including phenoxy) is 1. The second kappa shape index (κ2) is 4.72. The van der Waals surface area contributed by atoms with Gasteiger partial charge in [-0.15, -0.1) is 0 Å². The Balaban J connectivity index is 2.01. The highest BCUT2D eigenvalue weighted by Crippen LogP contribution is 2.42. The minimum Gasteiger partial charge on any atom is -0.379 e. The standard InChI is InChI=1S/C15H24N2O3/c1-3-14(2)13(19)17(11-6-9-20-10-11)15(12(18)16-14)7-4-5-8-15/h11H,3-10H2,1-2H3,(H,16,18). The number of nitrogens with one attached hydrogen (secondary N) is 1. The highest BCUT2D eigenvalue weighted by Gasteiger charge is 2.59. The van der Waals surface area contributed by atoms with Gasteiger partial charge in [0.25, 0.3) is 0 Å². The molecule has 2 saturated heterocycles. The Hall–Kier alpha value is -1.10. The molecule has 5 nitrogen and oxygen atoms in total. The first-order valence-electron chi connectivity index (χ1n) is 7.78. The lowest BCUT2D eigenvalue weighted by Gasteiger charge is -2.52. The lowest BCUT2D eigenvalue weighted by Crippen LogP contribution is -2.76. The average molecular weight is 280 g/mol. The Bertz CT molecular complexity index is 425. The van der Waals surface area contributed by atoms with Gasteiger partial charge >= 0.3 is 0 Å². The van der Waals surface area contributed by atoms with Crippen LogP contribution in [0.2, 0.25) is 0 Å². The van der Waals surface area contributed by atoms with Gasteiger partial charge in [0.05, 0.1) is 12.6 Å². The van der Waals surface area contributed by atoms with Gasteiger partial charge in [0, 0.05) is 6.61 Å². The average Bonchev–Trinajstić information content (AvgIpc) is 3.09. The van der Waals surface area contributed by atoms with Gasteiger partial charge in [-0.2, -0.15) is 0 Å². The van der Waals surface area contributed by atoms with E-state index in [1.54, 1.807) is 0 Å². The van der Waals surface area contributed by atoms with Gasteiger partial charge in [-0.25, -0.2) is 0 Å². The van der Waals surface area contributed by atoms with Crippen molar-refractivity contribution in [1.82, 2.24) is 10.2 Å². The molecule has 2 heterocycles. The summed E-state index contributed by atoms with van der Waals surface area (Å²) in [7, 11) is 0. The molecule has 2 amide bonds. The van der Waals surface area contributed by atoms with E-state index in [0.29, 0.717) is 19.6 Å². The molecule has 0 aromatic rings. The third kappa shape index (κ3) is 1.79. The Morgan fingerprint density at radius 1 is 1.35 bits per heavy atom. The molecule has 3 fully saturated rings. The van der Waals surface area contributed by atoms with E-state index in [2.05, 4.69) is 5.32 Å². The van der Waals surface area contributed by atoms with Crippen molar-refractivity contribution in [2.45, 2.75) is 69.5 Å². The van der Waals surface area contributed by atoms with Crippen molar-refractivity contribution in [2.75, 3.05) is 13.2 Å². The van der Waals surface area contributed by atoms with Crippen molar-refractivity contribution < 1.29 is 14.3 Å². The van der Waals surface area contributed by atoms with Crippen LogP contribution < -0.4 is 5.32 Å². The van der Waals surface area contributed by atoms with Gasteiger partial charge in [-0.1, -0.05) is 19.8 Å². The van der Waals surface area contributed by atoms with Crippen LogP contribution in [0.3, 0.4) is 0 Å². The maximum absolute atomic E-state index is 13.0. The van der Waals surface area contributed by atoms with Crippen molar-refractivity contribution in [3.05, 3.63) is 0 Å². The molecular weight excluding hydrogens is 256 g/mol. The quantitative estimate of drug-likeness (QED) is 0.827. The summed E-state index contributed by atoms with van der Waals surface area (Å²) in [6, 6.07) is 0.0672. The first-order valence-corrected chi connectivity index (χ1v) is 7.78. The van der Waals surface area contributed by atoms with Crippen LogP contribution in [0.15, 0.2) is 0 Å². The van der Waals surface area contributed by atoms with E-state index in [-0.39, 0.29) is 17.9 Å². The van der Waals surface area contributed by atoms with Crippen LogP contribution in [0.4, 0.5) is 0 Å². The molecule has 20 heavy (non-hydrogen) atoms. The number of carbonyl (C=O) groups is 2. The van der Waals surface area contributed by atoms with Crippen molar-refractivity contribution in [3.63, 3.8) is 0 Å². The molecule has 1 spiro atoms. The molecule has 2 unspecified atom stereocenters. The Labute approximate surface area is 120 Å². The second-order valence-corrected chi connectivity index (χ2v) is 6.57. The SMILES string of the molecule is CCC1(C)NC(=O)C2(CCCC2)N(C2CCOC2)C1=O. The van der Waals surface area contributed by atoms with E-state index in [4.69, 9.17) is 4.74 Å². The summed E-state index contributed by atoms with van der Waals surface area (Å²) in [5, 5.41) is 3.01. The molecule has 2 atom stereocenters. The smallest absolute Gasteiger partial charge is 0.249 e. The van der Waals surface area contributed by atoms with Crippen molar-refractivity contribution in [2.24, 2.45) is 0 Å². The highest BCUT2D eigenvalue weighted by molar-refractivity contribution is 6.02. The van der Waals surface area contributed by atoms with Crippen LogP contribution in [0.5, 0.6) is 0 Å². The van der Waals surface area contributed by atoms with Crippen molar-refractivity contribution in [1.29, 1.82) is 0 Å². The molecule has 0 bridgehead atoms. The normalized spacial score (nSPS) is 36.7. The first-order chi connectivity index (χ1) is 9.53. The maximum atomic E-state index is 13.0. The summed E-state index contributed by atoms with van der Waals surface area (Å²) >= 11 is 0. The van der Waals surface area contributed by atoms with Crippen LogP contribution in [0.25, 0.3) is 0 Å². The summed E-state index contributed by atoms with van der Waals surface area (Å²) in [4.78, 5) is 27.7. The van der Waals surface area contributed by atoms with Crippen LogP contribution in [0, 0.1) is 0 Å². The molecule has 1 aliphatic carbocycles. The van der Waals surface area contributed by atoms with Crippen molar-refractivity contribution >= 4 is 11.8 Å². The van der Waals surface area contributed by atoms with E-state index in [1.807, 2.05) is 18.7 Å². The number of rotatable bonds is 2. The zero-order chi connectivity index (χ0) is 14.4. The van der Waals surface area contributed by atoms with E-state index in [0.717, 1.165) is 32.1 Å². The summed E-state index contributed by atoms with van der Waals surface area (Å²) in [6.45, 7) is 5.06. The number of nitrogens with zero attached hydrogens (tertiary/aromatic N) is 1. The number of amides is 2. The minimum absolute atomic E-state index is 0.0471. The fourth-order valence-corrected chi connectivity index (χ4v) is 3.90. The lowest BCUT2D eigenvalue weighted by atomic mass is 9.82. The number of piperazine rings is 1. The highest BCUT2D eigenvalue weighted by atomic mass is 16.5. The molecule has 2 aliphatic heterocycles. The topological polar surface area (TPSA) is 58.6 Å². The summed E-state index contributed by atoms with van der Waals surface area (Å²) in [6.07, 6.45) is 5.10. The van der Waals surface area contributed by atoms with Crippen molar-refractivity contribution in [3.8, 4) is 0 Å². The maximum Gasteiger partial charge on any atom is 0.249 e. The molecule has 1 N–H and O–H groups in total. The summed E-state index contributed by atoms with van der Waals surface area (Å²) in [5.41, 5.74) is -1.36. The third-order valence-electron chi connectivity index (χ3n) is 5.37. The zero-order valence-corrected chi connectivity index (χ0v) is 12.4. The molecule has 0 radical (unpaired) electrons. The van der Waals surface area contributed by atoms with Gasteiger partial charge in [-0.3, -0.25) is 9.59 Å². The monoisotopic (exact) mass is 280 g/mol. The van der Waals surface area contributed by atoms with Gasteiger partial charge < -0.3 is 15.0 Å². The van der Waals surface area contributed by atoms with Gasteiger partial charge in [0.15, 0.2) is 0 Å². The van der Waals surface area contributed by atoms with Crippen LogP contribution in [-0.4, -0.2) is 47.0 Å². The van der Waals surface area contributed by atoms with Crippen LogP contribution in [0.1, 0.15) is 52.4 Å². The molecule has 112 valence electrons. The molecule has 5 heteroatoms. The van der Waals surface area contributed by atoms with E-state index >= 15 is 0 Å². The summed E-state index contributed by atoms with van der Waals surface area (Å²) in [5.74, 6) is 0.128. The van der Waals surface area contributed by atoms with E-state index in [9.17, 15) is 9.59 Å². The van der Waals surface area contributed by atoms with Gasteiger partial charge in [-0.05, 0) is 32.6 Å². The largest absolute Gasteiger partial charge is 0.379 e. The fourth-order valence-electron chi connectivity index (χ4n) is 3.90.